The van der Waals surface area contributed by atoms with Gasteiger partial charge in [-0.25, -0.2) is 0 Å². The normalized spacial score (nSPS) is 29.7. The van der Waals surface area contributed by atoms with Crippen molar-refractivity contribution in [2.75, 3.05) is 6.54 Å². The van der Waals surface area contributed by atoms with Gasteiger partial charge in [0.2, 0.25) is 18.2 Å². The molecule has 126 valence electrons. The summed E-state index contributed by atoms with van der Waals surface area (Å²) in [6.45, 7) is 4.08. The van der Waals surface area contributed by atoms with Gasteiger partial charge in [-0.2, -0.15) is 0 Å². The van der Waals surface area contributed by atoms with E-state index in [4.69, 9.17) is 10.2 Å². The highest BCUT2D eigenvalue weighted by Gasteiger charge is 2.65. The van der Waals surface area contributed by atoms with E-state index in [0.717, 1.165) is 6.42 Å². The summed E-state index contributed by atoms with van der Waals surface area (Å²) in [5.41, 5.74) is 4.92. The van der Waals surface area contributed by atoms with Gasteiger partial charge in [-0.15, -0.1) is 10.2 Å². The minimum atomic E-state index is -1.02. The predicted octanol–water partition coefficient (Wildman–Crippen LogP) is -1.13. The van der Waals surface area contributed by atoms with Crippen molar-refractivity contribution in [3.63, 3.8) is 0 Å². The maximum atomic E-state index is 12.8. The van der Waals surface area contributed by atoms with Crippen molar-refractivity contribution >= 4 is 11.8 Å². The molecule has 9 nitrogen and oxygen atoms in total. The SMILES string of the molecule is CC1N(Cc2nnco2)C(=O)C12CCCN2C(=O)[C@@H](N)[C@@H](C)O. The Labute approximate surface area is 133 Å². The lowest BCUT2D eigenvalue weighted by Gasteiger charge is -2.56. The molecule has 4 atom stereocenters. The standard InChI is InChI=1S/C14H21N5O4/c1-8(20)11(15)12(21)19-5-3-4-14(19)9(2)18(13(14)22)6-10-17-16-7-23-10/h7-9,11,20H,3-6,15H2,1-2H3/t8-,9?,11+,14?/m1/s1. The highest BCUT2D eigenvalue weighted by molar-refractivity contribution is 5.99. The molecular formula is C14H21N5O4. The summed E-state index contributed by atoms with van der Waals surface area (Å²) in [6.07, 6.45) is 1.60. The van der Waals surface area contributed by atoms with Gasteiger partial charge in [0.15, 0.2) is 0 Å². The number of aliphatic hydroxyl groups is 1. The predicted molar refractivity (Wildman–Crippen MR) is 77.6 cm³/mol. The number of nitrogens with two attached hydrogens (primary N) is 1. The van der Waals surface area contributed by atoms with Gasteiger partial charge in [-0.05, 0) is 26.7 Å². The smallest absolute Gasteiger partial charge is 0.251 e. The Kier molecular flexibility index (Phi) is 3.85. The zero-order valence-electron chi connectivity index (χ0n) is 13.2. The van der Waals surface area contributed by atoms with Gasteiger partial charge < -0.3 is 25.1 Å². The van der Waals surface area contributed by atoms with Crippen LogP contribution in [0.1, 0.15) is 32.6 Å². The quantitative estimate of drug-likeness (QED) is 0.671. The summed E-state index contributed by atoms with van der Waals surface area (Å²) >= 11 is 0. The molecule has 1 aromatic heterocycles. The Hall–Kier alpha value is -2.00. The molecule has 0 aromatic carbocycles. The summed E-state index contributed by atoms with van der Waals surface area (Å²) < 4.78 is 5.08. The number of rotatable bonds is 4. The Morgan fingerprint density at radius 1 is 1.65 bits per heavy atom. The molecular weight excluding hydrogens is 302 g/mol. The molecule has 0 saturated carbocycles. The van der Waals surface area contributed by atoms with E-state index < -0.39 is 17.7 Å². The molecule has 2 unspecified atom stereocenters. The minimum Gasteiger partial charge on any atom is -0.426 e. The molecule has 3 N–H and O–H groups in total. The molecule has 0 bridgehead atoms. The highest BCUT2D eigenvalue weighted by Crippen LogP contribution is 2.45. The number of nitrogens with zero attached hydrogens (tertiary/aromatic N) is 4. The van der Waals surface area contributed by atoms with Gasteiger partial charge in [0.1, 0.15) is 11.6 Å². The number of carbonyl (C=O) groups excluding carboxylic acids is 2. The van der Waals surface area contributed by atoms with Crippen molar-refractivity contribution in [1.82, 2.24) is 20.0 Å². The first-order valence-corrected chi connectivity index (χ1v) is 7.71. The molecule has 2 amide bonds. The largest absolute Gasteiger partial charge is 0.426 e. The molecule has 1 spiro atoms. The maximum absolute atomic E-state index is 12.8. The van der Waals surface area contributed by atoms with Gasteiger partial charge in [-0.1, -0.05) is 0 Å². The van der Waals surface area contributed by atoms with Crippen LogP contribution in [-0.2, 0) is 16.1 Å². The fourth-order valence-corrected chi connectivity index (χ4v) is 3.61. The average molecular weight is 323 g/mol. The molecule has 23 heavy (non-hydrogen) atoms. The Bertz CT molecular complexity index is 604. The van der Waals surface area contributed by atoms with Crippen molar-refractivity contribution in [2.45, 2.75) is 57.0 Å². The fourth-order valence-electron chi connectivity index (χ4n) is 3.61. The lowest BCUT2D eigenvalue weighted by atomic mass is 9.77. The van der Waals surface area contributed by atoms with Crippen molar-refractivity contribution in [3.05, 3.63) is 12.3 Å². The number of β-lactam (4-membered cyclic amide) rings is 1. The molecule has 3 heterocycles. The van der Waals surface area contributed by atoms with E-state index in [2.05, 4.69) is 10.2 Å². The van der Waals surface area contributed by atoms with Crippen molar-refractivity contribution in [1.29, 1.82) is 0 Å². The van der Waals surface area contributed by atoms with Crippen molar-refractivity contribution in [3.8, 4) is 0 Å². The van der Waals surface area contributed by atoms with E-state index >= 15 is 0 Å². The van der Waals surface area contributed by atoms with Gasteiger partial charge >= 0.3 is 0 Å². The molecule has 0 radical (unpaired) electrons. The number of hydrogen-bond acceptors (Lipinski definition) is 7. The lowest BCUT2D eigenvalue weighted by molar-refractivity contribution is -0.179. The van der Waals surface area contributed by atoms with E-state index in [1.807, 2.05) is 6.92 Å². The van der Waals surface area contributed by atoms with Crippen LogP contribution in [0.15, 0.2) is 10.8 Å². The van der Waals surface area contributed by atoms with Crippen LogP contribution in [0.4, 0.5) is 0 Å². The van der Waals surface area contributed by atoms with Crippen LogP contribution in [-0.4, -0.2) is 67.2 Å². The first-order chi connectivity index (χ1) is 10.9. The maximum Gasteiger partial charge on any atom is 0.251 e. The van der Waals surface area contributed by atoms with Crippen LogP contribution in [0, 0.1) is 0 Å². The second kappa shape index (κ2) is 5.57. The summed E-state index contributed by atoms with van der Waals surface area (Å²) in [5, 5.41) is 17.0. The van der Waals surface area contributed by atoms with Gasteiger partial charge in [0, 0.05) is 6.54 Å². The molecule has 2 aliphatic rings. The summed E-state index contributed by atoms with van der Waals surface area (Å²) in [4.78, 5) is 28.5. The van der Waals surface area contributed by atoms with Crippen LogP contribution in [0.2, 0.25) is 0 Å². The van der Waals surface area contributed by atoms with Gasteiger partial charge in [0.05, 0.1) is 18.7 Å². The van der Waals surface area contributed by atoms with Gasteiger partial charge in [0.25, 0.3) is 5.91 Å². The number of aromatic nitrogens is 2. The number of amides is 2. The van der Waals surface area contributed by atoms with E-state index in [-0.39, 0.29) is 24.4 Å². The zero-order valence-corrected chi connectivity index (χ0v) is 13.2. The first kappa shape index (κ1) is 15.9. The van der Waals surface area contributed by atoms with Crippen molar-refractivity contribution < 1.29 is 19.1 Å². The van der Waals surface area contributed by atoms with Crippen molar-refractivity contribution in [2.24, 2.45) is 5.73 Å². The molecule has 1 aromatic rings. The van der Waals surface area contributed by atoms with Gasteiger partial charge in [-0.3, -0.25) is 9.59 Å². The third-order valence-electron chi connectivity index (χ3n) is 4.99. The van der Waals surface area contributed by atoms with E-state index in [1.165, 1.54) is 13.3 Å². The van der Waals surface area contributed by atoms with Crippen LogP contribution in [0.25, 0.3) is 0 Å². The van der Waals surface area contributed by atoms with E-state index in [1.54, 1.807) is 9.80 Å². The molecule has 2 saturated heterocycles. The molecule has 3 rings (SSSR count). The second-order valence-electron chi connectivity index (χ2n) is 6.23. The number of aliphatic hydroxyl groups excluding tert-OH is 1. The minimum absolute atomic E-state index is 0.133. The van der Waals surface area contributed by atoms with Crippen LogP contribution >= 0.6 is 0 Å². The topological polar surface area (TPSA) is 126 Å². The third kappa shape index (κ3) is 2.22. The lowest BCUT2D eigenvalue weighted by Crippen LogP contribution is -2.78. The summed E-state index contributed by atoms with van der Waals surface area (Å²) in [5.74, 6) is -0.154. The number of likely N-dealkylation sites (tertiary alicyclic amines) is 2. The second-order valence-corrected chi connectivity index (χ2v) is 6.23. The monoisotopic (exact) mass is 323 g/mol. The molecule has 9 heteroatoms. The van der Waals surface area contributed by atoms with Crippen LogP contribution in [0.3, 0.4) is 0 Å². The molecule has 2 fully saturated rings. The first-order valence-electron chi connectivity index (χ1n) is 7.71. The summed E-state index contributed by atoms with van der Waals surface area (Å²) in [6, 6.07) is -1.19. The summed E-state index contributed by atoms with van der Waals surface area (Å²) in [7, 11) is 0. The molecule has 2 aliphatic heterocycles. The highest BCUT2D eigenvalue weighted by atomic mass is 16.4. The Morgan fingerprint density at radius 2 is 2.39 bits per heavy atom. The number of carbonyl (C=O) groups is 2. The molecule has 0 aliphatic carbocycles. The fraction of sp³-hybridized carbons (Fsp3) is 0.714. The van der Waals surface area contributed by atoms with E-state index in [9.17, 15) is 14.7 Å². The number of hydrogen-bond donors (Lipinski definition) is 2. The van der Waals surface area contributed by atoms with Crippen LogP contribution in [0.5, 0.6) is 0 Å². The Morgan fingerprint density at radius 3 is 2.96 bits per heavy atom. The van der Waals surface area contributed by atoms with E-state index in [0.29, 0.717) is 18.9 Å². The Balaban J connectivity index is 1.78. The third-order valence-corrected chi connectivity index (χ3v) is 4.99. The zero-order chi connectivity index (χ0) is 16.8. The van der Waals surface area contributed by atoms with Crippen LogP contribution < -0.4 is 5.73 Å². The average Bonchev–Trinajstić information content (AvgIpc) is 3.20.